The minimum atomic E-state index is 0.690. The number of anilines is 2. The highest BCUT2D eigenvalue weighted by Gasteiger charge is 2.13. The van der Waals surface area contributed by atoms with Crippen molar-refractivity contribution in [2.24, 2.45) is 5.92 Å². The topological polar surface area (TPSA) is 56.5 Å². The van der Waals surface area contributed by atoms with Gasteiger partial charge in [-0.05, 0) is 31.2 Å². The van der Waals surface area contributed by atoms with E-state index in [9.17, 15) is 0 Å². The number of benzene rings is 1. The number of ether oxygens (including phenoxy) is 2. The quantitative estimate of drug-likeness (QED) is 0.776. The third-order valence-corrected chi connectivity index (χ3v) is 3.34. The van der Waals surface area contributed by atoms with Gasteiger partial charge in [0.15, 0.2) is 0 Å². The van der Waals surface area contributed by atoms with E-state index >= 15 is 0 Å². The van der Waals surface area contributed by atoms with E-state index in [0.717, 1.165) is 62.8 Å². The molecule has 0 unspecified atom stereocenters. The Morgan fingerprint density at radius 2 is 2.11 bits per heavy atom. The summed E-state index contributed by atoms with van der Waals surface area (Å²) in [5.41, 5.74) is 7.68. The molecule has 1 saturated heterocycles. The first-order valence-electron chi connectivity index (χ1n) is 7.13. The summed E-state index contributed by atoms with van der Waals surface area (Å²) in [7, 11) is 0. The molecule has 1 aromatic carbocycles. The van der Waals surface area contributed by atoms with Crippen molar-refractivity contribution in [2.75, 3.05) is 37.4 Å². The van der Waals surface area contributed by atoms with Crippen molar-refractivity contribution < 1.29 is 9.47 Å². The molecule has 0 saturated carbocycles. The first-order chi connectivity index (χ1) is 9.28. The molecule has 0 radical (unpaired) electrons. The lowest BCUT2D eigenvalue weighted by atomic mass is 10.0. The molecule has 0 amide bonds. The maximum absolute atomic E-state index is 5.90. The average molecular weight is 264 g/mol. The van der Waals surface area contributed by atoms with Crippen molar-refractivity contribution in [1.82, 2.24) is 0 Å². The zero-order valence-electron chi connectivity index (χ0n) is 11.7. The molecule has 3 N–H and O–H groups in total. The Balaban J connectivity index is 1.89. The second-order valence-corrected chi connectivity index (χ2v) is 5.08. The van der Waals surface area contributed by atoms with Gasteiger partial charge in [0, 0.05) is 43.3 Å². The summed E-state index contributed by atoms with van der Waals surface area (Å²) in [5.74, 6) is 1.53. The minimum Gasteiger partial charge on any atom is -0.493 e. The Morgan fingerprint density at radius 3 is 2.84 bits per heavy atom. The summed E-state index contributed by atoms with van der Waals surface area (Å²) >= 11 is 0. The van der Waals surface area contributed by atoms with E-state index in [-0.39, 0.29) is 0 Å². The van der Waals surface area contributed by atoms with Crippen molar-refractivity contribution >= 4 is 11.4 Å². The zero-order valence-corrected chi connectivity index (χ0v) is 11.7. The van der Waals surface area contributed by atoms with E-state index in [0.29, 0.717) is 5.92 Å². The van der Waals surface area contributed by atoms with Gasteiger partial charge in [0.25, 0.3) is 0 Å². The fourth-order valence-corrected chi connectivity index (χ4v) is 2.24. The molecule has 0 bridgehead atoms. The summed E-state index contributed by atoms with van der Waals surface area (Å²) in [6, 6.07) is 5.85. The third kappa shape index (κ3) is 4.63. The van der Waals surface area contributed by atoms with Crippen LogP contribution in [-0.4, -0.2) is 26.4 Å². The normalized spacial score (nSPS) is 16.3. The van der Waals surface area contributed by atoms with Gasteiger partial charge in [0.1, 0.15) is 5.75 Å². The van der Waals surface area contributed by atoms with E-state index in [4.69, 9.17) is 15.2 Å². The first-order valence-corrected chi connectivity index (χ1v) is 7.13. The second kappa shape index (κ2) is 7.24. The summed E-state index contributed by atoms with van der Waals surface area (Å²) in [6.07, 6.45) is 3.27. The Bertz CT molecular complexity index is 390. The molecule has 1 aliphatic heterocycles. The van der Waals surface area contributed by atoms with Crippen LogP contribution in [0.2, 0.25) is 0 Å². The van der Waals surface area contributed by atoms with Crippen LogP contribution < -0.4 is 15.8 Å². The summed E-state index contributed by atoms with van der Waals surface area (Å²) in [4.78, 5) is 0. The Morgan fingerprint density at radius 1 is 1.32 bits per heavy atom. The average Bonchev–Trinajstić information content (AvgIpc) is 2.43. The van der Waals surface area contributed by atoms with Gasteiger partial charge in [-0.3, -0.25) is 0 Å². The van der Waals surface area contributed by atoms with Crippen molar-refractivity contribution in [3.05, 3.63) is 18.2 Å². The van der Waals surface area contributed by atoms with Crippen molar-refractivity contribution in [1.29, 1.82) is 0 Å². The molecule has 4 nitrogen and oxygen atoms in total. The van der Waals surface area contributed by atoms with Crippen LogP contribution in [0.25, 0.3) is 0 Å². The van der Waals surface area contributed by atoms with Gasteiger partial charge < -0.3 is 20.5 Å². The standard InChI is InChI=1S/C15H24N2O2/c1-2-5-19-15-9-13(16)8-14(10-15)17-11-12-3-6-18-7-4-12/h8-10,12,17H,2-7,11,16H2,1H3. The summed E-state index contributed by atoms with van der Waals surface area (Å²) < 4.78 is 11.0. The fraction of sp³-hybridized carbons (Fsp3) is 0.600. The predicted molar refractivity (Wildman–Crippen MR) is 78.7 cm³/mol. The van der Waals surface area contributed by atoms with Gasteiger partial charge in [0.2, 0.25) is 0 Å². The molecule has 0 atom stereocenters. The minimum absolute atomic E-state index is 0.690. The van der Waals surface area contributed by atoms with E-state index in [1.54, 1.807) is 0 Å². The smallest absolute Gasteiger partial charge is 0.123 e. The maximum Gasteiger partial charge on any atom is 0.123 e. The number of nitrogen functional groups attached to an aromatic ring is 1. The number of hydrogen-bond donors (Lipinski definition) is 2. The molecule has 1 aliphatic rings. The molecule has 106 valence electrons. The number of rotatable bonds is 6. The highest BCUT2D eigenvalue weighted by molar-refractivity contribution is 5.59. The van der Waals surface area contributed by atoms with Crippen LogP contribution in [0.1, 0.15) is 26.2 Å². The molecule has 19 heavy (non-hydrogen) atoms. The fourth-order valence-electron chi connectivity index (χ4n) is 2.24. The number of hydrogen-bond acceptors (Lipinski definition) is 4. The summed E-state index contributed by atoms with van der Waals surface area (Å²) in [6.45, 7) is 5.56. The van der Waals surface area contributed by atoms with Gasteiger partial charge >= 0.3 is 0 Å². The van der Waals surface area contributed by atoms with Gasteiger partial charge in [0.05, 0.1) is 6.61 Å². The molecule has 0 aromatic heterocycles. The molecule has 1 heterocycles. The van der Waals surface area contributed by atoms with Gasteiger partial charge in [-0.2, -0.15) is 0 Å². The molecular weight excluding hydrogens is 240 g/mol. The van der Waals surface area contributed by atoms with E-state index in [1.165, 1.54) is 0 Å². The van der Waals surface area contributed by atoms with Crippen LogP contribution >= 0.6 is 0 Å². The molecule has 0 spiro atoms. The van der Waals surface area contributed by atoms with E-state index in [1.807, 2.05) is 18.2 Å². The monoisotopic (exact) mass is 264 g/mol. The SMILES string of the molecule is CCCOc1cc(N)cc(NCC2CCOCC2)c1. The number of nitrogens with two attached hydrogens (primary N) is 1. The second-order valence-electron chi connectivity index (χ2n) is 5.08. The molecular formula is C15H24N2O2. The largest absolute Gasteiger partial charge is 0.493 e. The van der Waals surface area contributed by atoms with Gasteiger partial charge in [-0.15, -0.1) is 0 Å². The Labute approximate surface area is 115 Å². The highest BCUT2D eigenvalue weighted by atomic mass is 16.5. The van der Waals surface area contributed by atoms with Crippen LogP contribution in [0.15, 0.2) is 18.2 Å². The Kier molecular flexibility index (Phi) is 5.33. The maximum atomic E-state index is 5.90. The van der Waals surface area contributed by atoms with E-state index in [2.05, 4.69) is 12.2 Å². The highest BCUT2D eigenvalue weighted by Crippen LogP contribution is 2.24. The van der Waals surface area contributed by atoms with Crippen molar-refractivity contribution in [3.8, 4) is 5.75 Å². The van der Waals surface area contributed by atoms with Gasteiger partial charge in [-0.25, -0.2) is 0 Å². The van der Waals surface area contributed by atoms with Crippen LogP contribution in [0, 0.1) is 5.92 Å². The van der Waals surface area contributed by atoms with Crippen LogP contribution in [0.4, 0.5) is 11.4 Å². The molecule has 0 aliphatic carbocycles. The van der Waals surface area contributed by atoms with Crippen LogP contribution in [0.5, 0.6) is 5.75 Å². The lowest BCUT2D eigenvalue weighted by Crippen LogP contribution is -2.22. The van der Waals surface area contributed by atoms with Crippen LogP contribution in [0.3, 0.4) is 0 Å². The molecule has 2 rings (SSSR count). The molecule has 1 fully saturated rings. The predicted octanol–water partition coefficient (Wildman–Crippen LogP) is 2.90. The Hall–Kier alpha value is -1.42. The van der Waals surface area contributed by atoms with Crippen molar-refractivity contribution in [2.45, 2.75) is 26.2 Å². The van der Waals surface area contributed by atoms with Crippen LogP contribution in [-0.2, 0) is 4.74 Å². The lowest BCUT2D eigenvalue weighted by Gasteiger charge is -2.22. The summed E-state index contributed by atoms with van der Waals surface area (Å²) in [5, 5.41) is 3.46. The lowest BCUT2D eigenvalue weighted by molar-refractivity contribution is 0.0699. The molecule has 4 heteroatoms. The van der Waals surface area contributed by atoms with Gasteiger partial charge in [-0.1, -0.05) is 6.92 Å². The molecule has 1 aromatic rings. The third-order valence-electron chi connectivity index (χ3n) is 3.34. The van der Waals surface area contributed by atoms with Crippen molar-refractivity contribution in [3.63, 3.8) is 0 Å². The first kappa shape index (κ1) is 14.0. The zero-order chi connectivity index (χ0) is 13.5. The van der Waals surface area contributed by atoms with E-state index < -0.39 is 0 Å². The number of nitrogens with one attached hydrogen (secondary N) is 1.